The molecule has 1 heterocycles. The van der Waals surface area contributed by atoms with Gasteiger partial charge in [-0.3, -0.25) is 4.90 Å². The molecule has 0 N–H and O–H groups in total. The van der Waals surface area contributed by atoms with Gasteiger partial charge in [0.1, 0.15) is 5.01 Å². The first-order valence-electron chi connectivity index (χ1n) is 4.25. The fraction of sp³-hybridized carbons (Fsp3) is 0.667. The molecule has 0 amide bonds. The van der Waals surface area contributed by atoms with E-state index in [1.54, 1.807) is 11.3 Å². The number of hydrogen-bond donors (Lipinski definition) is 0. The topological polar surface area (TPSA) is 16.1 Å². The molecule has 0 fully saturated rings. The number of hydrogen-bond acceptors (Lipinski definition) is 3. The first kappa shape index (κ1) is 9.68. The summed E-state index contributed by atoms with van der Waals surface area (Å²) < 4.78 is 0. The van der Waals surface area contributed by atoms with Crippen LogP contribution in [0.3, 0.4) is 0 Å². The summed E-state index contributed by atoms with van der Waals surface area (Å²) in [5.74, 6) is 0.731. The van der Waals surface area contributed by atoms with Crippen molar-refractivity contribution in [3.05, 3.63) is 16.6 Å². The first-order valence-corrected chi connectivity index (χ1v) is 5.13. The number of rotatable bonds is 4. The molecule has 0 saturated carbocycles. The van der Waals surface area contributed by atoms with Crippen molar-refractivity contribution < 1.29 is 0 Å². The van der Waals surface area contributed by atoms with Gasteiger partial charge in [0, 0.05) is 18.1 Å². The second kappa shape index (κ2) is 4.58. The van der Waals surface area contributed by atoms with E-state index in [1.807, 2.05) is 11.6 Å². The molecule has 0 aliphatic carbocycles. The summed E-state index contributed by atoms with van der Waals surface area (Å²) in [4.78, 5) is 6.55. The molecule has 0 aliphatic rings. The summed E-state index contributed by atoms with van der Waals surface area (Å²) in [5, 5.41) is 3.23. The molecule has 1 aromatic heterocycles. The Balaban J connectivity index is 2.32. The fourth-order valence-corrected chi connectivity index (χ4v) is 1.95. The van der Waals surface area contributed by atoms with E-state index in [0.29, 0.717) is 0 Å². The van der Waals surface area contributed by atoms with Gasteiger partial charge in [-0.25, -0.2) is 4.98 Å². The minimum atomic E-state index is 0.731. The van der Waals surface area contributed by atoms with Gasteiger partial charge in [-0.05, 0) is 13.0 Å². The summed E-state index contributed by atoms with van der Waals surface area (Å²) in [6.45, 7) is 6.59. The standard InChI is InChI=1S/C9H16N2S/c1-8(2)6-11(3)7-9-10-4-5-12-9/h4-5,8H,6-7H2,1-3H3. The minimum absolute atomic E-state index is 0.731. The van der Waals surface area contributed by atoms with Crippen LogP contribution in [0.25, 0.3) is 0 Å². The van der Waals surface area contributed by atoms with Crippen LogP contribution in [0.15, 0.2) is 11.6 Å². The second-order valence-corrected chi connectivity index (χ2v) is 4.50. The van der Waals surface area contributed by atoms with Gasteiger partial charge in [0.25, 0.3) is 0 Å². The lowest BCUT2D eigenvalue weighted by atomic mass is 10.2. The Morgan fingerprint density at radius 3 is 2.83 bits per heavy atom. The van der Waals surface area contributed by atoms with Crippen molar-refractivity contribution in [3.8, 4) is 0 Å². The molecule has 1 rings (SSSR count). The van der Waals surface area contributed by atoms with Gasteiger partial charge in [0.2, 0.25) is 0 Å². The SMILES string of the molecule is CC(C)CN(C)Cc1nccs1. The Bertz CT molecular complexity index is 206. The van der Waals surface area contributed by atoms with Crippen molar-refractivity contribution in [2.45, 2.75) is 20.4 Å². The molecule has 3 heteroatoms. The van der Waals surface area contributed by atoms with Gasteiger partial charge in [-0.15, -0.1) is 11.3 Å². The minimum Gasteiger partial charge on any atom is -0.299 e. The van der Waals surface area contributed by atoms with Gasteiger partial charge < -0.3 is 0 Å². The van der Waals surface area contributed by atoms with Crippen LogP contribution in [0, 0.1) is 5.92 Å². The zero-order chi connectivity index (χ0) is 8.97. The highest BCUT2D eigenvalue weighted by Gasteiger charge is 2.03. The number of aromatic nitrogens is 1. The normalized spacial score (nSPS) is 11.4. The third-order valence-electron chi connectivity index (χ3n) is 1.57. The van der Waals surface area contributed by atoms with E-state index in [1.165, 1.54) is 5.01 Å². The highest BCUT2D eigenvalue weighted by molar-refractivity contribution is 7.09. The van der Waals surface area contributed by atoms with Gasteiger partial charge in [-0.2, -0.15) is 0 Å². The van der Waals surface area contributed by atoms with Crippen LogP contribution in [0.1, 0.15) is 18.9 Å². The fourth-order valence-electron chi connectivity index (χ4n) is 1.25. The van der Waals surface area contributed by atoms with Crippen LogP contribution in [0.2, 0.25) is 0 Å². The van der Waals surface area contributed by atoms with Crippen LogP contribution in [-0.2, 0) is 6.54 Å². The molecule has 0 bridgehead atoms. The lowest BCUT2D eigenvalue weighted by molar-refractivity contribution is 0.288. The molecule has 1 aromatic rings. The third kappa shape index (κ3) is 3.32. The van der Waals surface area contributed by atoms with Crippen LogP contribution in [0.5, 0.6) is 0 Å². The Kier molecular flexibility index (Phi) is 3.69. The third-order valence-corrected chi connectivity index (χ3v) is 2.33. The summed E-state index contributed by atoms with van der Waals surface area (Å²) >= 11 is 1.73. The molecule has 0 saturated heterocycles. The maximum Gasteiger partial charge on any atom is 0.107 e. The molecular formula is C9H16N2S. The Hall–Kier alpha value is -0.410. The molecule has 2 nitrogen and oxygen atoms in total. The van der Waals surface area contributed by atoms with Crippen molar-refractivity contribution in [1.82, 2.24) is 9.88 Å². The van der Waals surface area contributed by atoms with E-state index in [0.717, 1.165) is 19.0 Å². The second-order valence-electron chi connectivity index (χ2n) is 3.52. The maximum atomic E-state index is 4.24. The maximum absolute atomic E-state index is 4.24. The molecular weight excluding hydrogens is 168 g/mol. The zero-order valence-corrected chi connectivity index (χ0v) is 8.77. The predicted octanol–water partition coefficient (Wildman–Crippen LogP) is 2.23. The number of thiazole rings is 1. The summed E-state index contributed by atoms with van der Waals surface area (Å²) in [7, 11) is 2.14. The highest BCUT2D eigenvalue weighted by Crippen LogP contribution is 2.07. The Morgan fingerprint density at radius 1 is 1.58 bits per heavy atom. The average molecular weight is 184 g/mol. The van der Waals surface area contributed by atoms with Crippen LogP contribution in [-0.4, -0.2) is 23.5 Å². The molecule has 0 radical (unpaired) electrons. The summed E-state index contributed by atoms with van der Waals surface area (Å²) in [5.41, 5.74) is 0. The van der Waals surface area contributed by atoms with Crippen LogP contribution in [0.4, 0.5) is 0 Å². The lowest BCUT2D eigenvalue weighted by Gasteiger charge is -2.16. The highest BCUT2D eigenvalue weighted by atomic mass is 32.1. The Labute approximate surface area is 78.2 Å². The van der Waals surface area contributed by atoms with Crippen molar-refractivity contribution in [2.24, 2.45) is 5.92 Å². The molecule has 0 aliphatic heterocycles. The molecule has 0 aromatic carbocycles. The largest absolute Gasteiger partial charge is 0.299 e. The Morgan fingerprint density at radius 2 is 2.33 bits per heavy atom. The van der Waals surface area contributed by atoms with E-state index in [2.05, 4.69) is 30.8 Å². The predicted molar refractivity (Wildman–Crippen MR) is 53.3 cm³/mol. The van der Waals surface area contributed by atoms with E-state index in [4.69, 9.17) is 0 Å². The van der Waals surface area contributed by atoms with Crippen LogP contribution < -0.4 is 0 Å². The van der Waals surface area contributed by atoms with E-state index < -0.39 is 0 Å². The van der Waals surface area contributed by atoms with Crippen molar-refractivity contribution in [1.29, 1.82) is 0 Å². The van der Waals surface area contributed by atoms with E-state index >= 15 is 0 Å². The first-order chi connectivity index (χ1) is 5.68. The molecule has 0 unspecified atom stereocenters. The van der Waals surface area contributed by atoms with Gasteiger partial charge in [-0.1, -0.05) is 13.8 Å². The molecule has 12 heavy (non-hydrogen) atoms. The van der Waals surface area contributed by atoms with Gasteiger partial charge in [0.05, 0.1) is 6.54 Å². The molecule has 0 spiro atoms. The molecule has 68 valence electrons. The molecule has 0 atom stereocenters. The summed E-state index contributed by atoms with van der Waals surface area (Å²) in [6.07, 6.45) is 1.86. The van der Waals surface area contributed by atoms with E-state index in [9.17, 15) is 0 Å². The van der Waals surface area contributed by atoms with Gasteiger partial charge in [0.15, 0.2) is 0 Å². The summed E-state index contributed by atoms with van der Waals surface area (Å²) in [6, 6.07) is 0. The zero-order valence-electron chi connectivity index (χ0n) is 7.95. The van der Waals surface area contributed by atoms with Crippen LogP contribution >= 0.6 is 11.3 Å². The van der Waals surface area contributed by atoms with E-state index in [-0.39, 0.29) is 0 Å². The lowest BCUT2D eigenvalue weighted by Crippen LogP contribution is -2.22. The van der Waals surface area contributed by atoms with Gasteiger partial charge >= 0.3 is 0 Å². The quantitative estimate of drug-likeness (QED) is 0.713. The monoisotopic (exact) mass is 184 g/mol. The van der Waals surface area contributed by atoms with Crippen molar-refractivity contribution >= 4 is 11.3 Å². The van der Waals surface area contributed by atoms with Crippen molar-refractivity contribution in [3.63, 3.8) is 0 Å². The van der Waals surface area contributed by atoms with Crippen molar-refractivity contribution in [2.75, 3.05) is 13.6 Å². The smallest absolute Gasteiger partial charge is 0.107 e. The number of nitrogens with zero attached hydrogens (tertiary/aromatic N) is 2. The average Bonchev–Trinajstić information content (AvgIpc) is 2.37.